The molecule has 0 spiro atoms. The van der Waals surface area contributed by atoms with E-state index in [0.29, 0.717) is 5.82 Å². The summed E-state index contributed by atoms with van der Waals surface area (Å²) in [6.07, 6.45) is 7.54. The first kappa shape index (κ1) is 14.6. The molecule has 1 aliphatic rings. The number of fused-ring (bicyclic) bond motifs is 3. The molecule has 23 heavy (non-hydrogen) atoms. The van der Waals surface area contributed by atoms with Crippen LogP contribution in [0.4, 0.5) is 11.6 Å². The minimum absolute atomic E-state index is 0.556. The number of anilines is 2. The van der Waals surface area contributed by atoms with Crippen LogP contribution in [-0.4, -0.2) is 28.0 Å². The molecule has 0 atom stereocenters. The fourth-order valence-electron chi connectivity index (χ4n) is 3.40. The number of nitrogens with zero attached hydrogens (tertiary/aromatic N) is 4. The average molecular weight is 327 g/mol. The lowest BCUT2D eigenvalue weighted by Crippen LogP contribution is -2.30. The quantitative estimate of drug-likeness (QED) is 0.793. The van der Waals surface area contributed by atoms with E-state index >= 15 is 0 Å². The zero-order valence-electron chi connectivity index (χ0n) is 13.4. The Kier molecular flexibility index (Phi) is 3.77. The molecule has 1 fully saturated rings. The van der Waals surface area contributed by atoms with Gasteiger partial charge in [0.1, 0.15) is 22.8 Å². The van der Waals surface area contributed by atoms with Crippen LogP contribution in [0.2, 0.25) is 0 Å². The topological polar surface area (TPSA) is 67.9 Å². The van der Waals surface area contributed by atoms with Crippen molar-refractivity contribution in [2.24, 2.45) is 0 Å². The van der Waals surface area contributed by atoms with Crippen molar-refractivity contribution in [2.75, 3.05) is 23.7 Å². The number of piperidine rings is 1. The third-order valence-electron chi connectivity index (χ3n) is 4.52. The Morgan fingerprint density at radius 2 is 2.04 bits per heavy atom. The lowest BCUT2D eigenvalue weighted by atomic mass is 10.1. The second kappa shape index (κ2) is 5.92. The molecule has 1 aliphatic heterocycles. The largest absolute Gasteiger partial charge is 0.382 e. The summed E-state index contributed by atoms with van der Waals surface area (Å²) in [5, 5.41) is 1.17. The van der Waals surface area contributed by atoms with E-state index in [1.807, 2.05) is 0 Å². The van der Waals surface area contributed by atoms with Crippen molar-refractivity contribution in [2.45, 2.75) is 39.0 Å². The summed E-state index contributed by atoms with van der Waals surface area (Å²) in [6.45, 7) is 4.43. The number of rotatable bonds is 3. The van der Waals surface area contributed by atoms with Gasteiger partial charge in [-0.05, 0) is 37.3 Å². The van der Waals surface area contributed by atoms with Gasteiger partial charge >= 0.3 is 0 Å². The van der Waals surface area contributed by atoms with Crippen molar-refractivity contribution in [1.82, 2.24) is 15.0 Å². The fourth-order valence-corrected chi connectivity index (χ4v) is 4.47. The number of hydrogen-bond donors (Lipinski definition) is 1. The molecule has 4 heterocycles. The lowest BCUT2D eigenvalue weighted by Gasteiger charge is -2.28. The summed E-state index contributed by atoms with van der Waals surface area (Å²) in [5.74, 6) is 1.67. The van der Waals surface area contributed by atoms with Crippen LogP contribution in [0.1, 0.15) is 38.2 Å². The molecule has 120 valence electrons. The molecule has 0 bridgehead atoms. The smallest absolute Gasteiger partial charge is 0.144 e. The van der Waals surface area contributed by atoms with Crippen molar-refractivity contribution in [1.29, 1.82) is 0 Å². The summed E-state index contributed by atoms with van der Waals surface area (Å²) < 4.78 is 0.961. The Morgan fingerprint density at radius 1 is 1.22 bits per heavy atom. The highest BCUT2D eigenvalue weighted by Crippen LogP contribution is 2.38. The first-order chi connectivity index (χ1) is 11.3. The number of nitrogens with two attached hydrogens (primary N) is 1. The molecule has 0 amide bonds. The highest BCUT2D eigenvalue weighted by Gasteiger charge is 2.19. The van der Waals surface area contributed by atoms with Crippen LogP contribution in [0.25, 0.3) is 20.4 Å². The van der Waals surface area contributed by atoms with Crippen molar-refractivity contribution < 1.29 is 0 Å². The molecule has 1 saturated heterocycles. The minimum atomic E-state index is 0.556. The normalized spacial score (nSPS) is 15.6. The number of hydrogen-bond acceptors (Lipinski definition) is 6. The lowest BCUT2D eigenvalue weighted by molar-refractivity contribution is 0.574. The standard InChI is InChI=1S/C17H21N5S/c1-2-6-11-9-12(22-7-4-3-5-8-22)21-17-13(11)14-15(23-17)16(18)20-10-19-14/h9-10H,2-8H2,1H3,(H2,18,19,20). The Morgan fingerprint density at radius 3 is 2.83 bits per heavy atom. The van der Waals surface area contributed by atoms with E-state index < -0.39 is 0 Å². The van der Waals surface area contributed by atoms with Crippen LogP contribution in [0.15, 0.2) is 12.4 Å². The number of thiophene rings is 1. The predicted octanol–water partition coefficient (Wildman–Crippen LogP) is 3.76. The van der Waals surface area contributed by atoms with Crippen molar-refractivity contribution in [3.8, 4) is 0 Å². The molecule has 0 unspecified atom stereocenters. The van der Waals surface area contributed by atoms with Crippen molar-refractivity contribution >= 4 is 43.4 Å². The maximum Gasteiger partial charge on any atom is 0.144 e. The Balaban J connectivity index is 1.94. The number of nitrogen functional groups attached to an aromatic ring is 1. The van der Waals surface area contributed by atoms with Gasteiger partial charge in [-0.25, -0.2) is 15.0 Å². The molecule has 5 nitrogen and oxygen atoms in total. The van der Waals surface area contributed by atoms with Crippen molar-refractivity contribution in [3.05, 3.63) is 18.0 Å². The molecule has 2 N–H and O–H groups in total. The molecule has 4 rings (SSSR count). The number of aryl methyl sites for hydroxylation is 1. The van der Waals surface area contributed by atoms with E-state index in [1.54, 1.807) is 17.7 Å². The predicted molar refractivity (Wildman–Crippen MR) is 97.2 cm³/mol. The average Bonchev–Trinajstić information content (AvgIpc) is 2.96. The van der Waals surface area contributed by atoms with Gasteiger partial charge in [0.25, 0.3) is 0 Å². The summed E-state index contributed by atoms with van der Waals surface area (Å²) in [4.78, 5) is 17.0. The molecular weight excluding hydrogens is 306 g/mol. The van der Waals surface area contributed by atoms with Crippen molar-refractivity contribution in [3.63, 3.8) is 0 Å². The Bertz CT molecular complexity index is 851. The third kappa shape index (κ3) is 2.51. The van der Waals surface area contributed by atoms with Crippen LogP contribution in [-0.2, 0) is 6.42 Å². The summed E-state index contributed by atoms with van der Waals surface area (Å²) in [7, 11) is 0. The van der Waals surface area contributed by atoms with E-state index in [0.717, 1.165) is 46.8 Å². The van der Waals surface area contributed by atoms with Gasteiger partial charge in [0.2, 0.25) is 0 Å². The molecule has 6 heteroatoms. The summed E-state index contributed by atoms with van der Waals surface area (Å²) in [6, 6.07) is 2.27. The minimum Gasteiger partial charge on any atom is -0.382 e. The fraction of sp³-hybridized carbons (Fsp3) is 0.471. The second-order valence-electron chi connectivity index (χ2n) is 6.16. The number of pyridine rings is 1. The Hall–Kier alpha value is -1.95. The zero-order chi connectivity index (χ0) is 15.8. The molecule has 0 radical (unpaired) electrons. The van der Waals surface area contributed by atoms with Crippen LogP contribution >= 0.6 is 11.3 Å². The van der Waals surface area contributed by atoms with Gasteiger partial charge in [-0.3, -0.25) is 0 Å². The van der Waals surface area contributed by atoms with Gasteiger partial charge in [-0.15, -0.1) is 11.3 Å². The van der Waals surface area contributed by atoms with Crippen LogP contribution < -0.4 is 10.6 Å². The van der Waals surface area contributed by atoms with E-state index in [4.69, 9.17) is 10.7 Å². The van der Waals surface area contributed by atoms with Gasteiger partial charge in [-0.1, -0.05) is 13.3 Å². The van der Waals surface area contributed by atoms with E-state index in [9.17, 15) is 0 Å². The van der Waals surface area contributed by atoms with Crippen LogP contribution in [0.3, 0.4) is 0 Å². The van der Waals surface area contributed by atoms with Gasteiger partial charge in [0.05, 0.1) is 10.2 Å². The van der Waals surface area contributed by atoms with Crippen LogP contribution in [0, 0.1) is 0 Å². The summed E-state index contributed by atoms with van der Waals surface area (Å²) >= 11 is 1.62. The van der Waals surface area contributed by atoms with E-state index in [-0.39, 0.29) is 0 Å². The second-order valence-corrected chi connectivity index (χ2v) is 7.16. The SMILES string of the molecule is CCCc1cc(N2CCCCC2)nc2sc3c(N)ncnc3c12. The first-order valence-corrected chi connectivity index (χ1v) is 9.17. The van der Waals surface area contributed by atoms with Gasteiger partial charge < -0.3 is 10.6 Å². The molecule has 0 saturated carbocycles. The first-order valence-electron chi connectivity index (χ1n) is 8.35. The van der Waals surface area contributed by atoms with Gasteiger partial charge in [0, 0.05) is 18.5 Å². The van der Waals surface area contributed by atoms with Gasteiger partial charge in [0.15, 0.2) is 0 Å². The maximum absolute atomic E-state index is 6.05. The summed E-state index contributed by atoms with van der Waals surface area (Å²) in [5.41, 5.74) is 8.34. The monoisotopic (exact) mass is 327 g/mol. The molecular formula is C17H21N5S. The highest BCUT2D eigenvalue weighted by molar-refractivity contribution is 7.26. The number of aromatic nitrogens is 3. The third-order valence-corrected chi connectivity index (χ3v) is 5.62. The van der Waals surface area contributed by atoms with E-state index in [1.165, 1.54) is 30.2 Å². The molecule has 0 aliphatic carbocycles. The zero-order valence-corrected chi connectivity index (χ0v) is 14.2. The van der Waals surface area contributed by atoms with Gasteiger partial charge in [-0.2, -0.15) is 0 Å². The highest BCUT2D eigenvalue weighted by atomic mass is 32.1. The maximum atomic E-state index is 6.05. The molecule has 3 aromatic heterocycles. The molecule has 0 aromatic carbocycles. The Labute approximate surface area is 139 Å². The molecule has 3 aromatic rings. The van der Waals surface area contributed by atoms with E-state index in [2.05, 4.69) is 27.9 Å². The van der Waals surface area contributed by atoms with Crippen LogP contribution in [0.5, 0.6) is 0 Å².